The van der Waals surface area contributed by atoms with Crippen molar-refractivity contribution in [2.24, 2.45) is 0 Å². The second-order valence-electron chi connectivity index (χ2n) is 3.10. The molecule has 1 rings (SSSR count). The second kappa shape index (κ2) is 6.00. The molecular formula is C12H9BrO4. The zero-order chi connectivity index (χ0) is 12.8. The molecule has 0 radical (unpaired) electrons. The van der Waals surface area contributed by atoms with Crippen LogP contribution in [0.4, 0.5) is 0 Å². The fourth-order valence-electron chi connectivity index (χ4n) is 1.06. The van der Waals surface area contributed by atoms with Crippen molar-refractivity contribution in [3.63, 3.8) is 0 Å². The molecule has 88 valence electrons. The van der Waals surface area contributed by atoms with Gasteiger partial charge in [-0.2, -0.15) is 0 Å². The molecule has 0 bridgehead atoms. The number of benzene rings is 1. The molecule has 0 amide bonds. The first-order chi connectivity index (χ1) is 8.00. The van der Waals surface area contributed by atoms with Gasteiger partial charge in [0.2, 0.25) is 0 Å². The molecule has 0 aromatic heterocycles. The molecule has 17 heavy (non-hydrogen) atoms. The van der Waals surface area contributed by atoms with Crippen LogP contribution in [0.15, 0.2) is 46.5 Å². The molecule has 0 unspecified atom stereocenters. The summed E-state index contributed by atoms with van der Waals surface area (Å²) in [5.74, 6) is -2.92. The van der Waals surface area contributed by atoms with Crippen molar-refractivity contribution in [3.05, 3.63) is 52.0 Å². The lowest BCUT2D eigenvalue weighted by Gasteiger charge is -1.93. The molecule has 0 fully saturated rings. The number of carbonyl (C=O) groups is 2. The number of carboxylic acids is 2. The maximum absolute atomic E-state index is 10.5. The van der Waals surface area contributed by atoms with E-state index < -0.39 is 17.5 Å². The van der Waals surface area contributed by atoms with Gasteiger partial charge in [-0.15, -0.1) is 0 Å². The molecule has 0 saturated heterocycles. The molecule has 0 spiro atoms. The lowest BCUT2D eigenvalue weighted by molar-refractivity contribution is -0.140. The number of halogens is 1. The van der Waals surface area contributed by atoms with Crippen LogP contribution in [0.1, 0.15) is 5.56 Å². The Balaban J connectivity index is 2.84. The third kappa shape index (κ3) is 4.24. The summed E-state index contributed by atoms with van der Waals surface area (Å²) in [5.41, 5.74) is 0.179. The van der Waals surface area contributed by atoms with Gasteiger partial charge in [0.15, 0.2) is 0 Å². The zero-order valence-electron chi connectivity index (χ0n) is 8.63. The van der Waals surface area contributed by atoms with E-state index in [0.717, 1.165) is 16.1 Å². The van der Waals surface area contributed by atoms with Gasteiger partial charge in [-0.3, -0.25) is 0 Å². The van der Waals surface area contributed by atoms with Crippen molar-refractivity contribution in [2.45, 2.75) is 0 Å². The number of aliphatic carboxylic acids is 2. The topological polar surface area (TPSA) is 74.6 Å². The Kier molecular flexibility index (Phi) is 4.66. The van der Waals surface area contributed by atoms with Crippen LogP contribution in [0, 0.1) is 0 Å². The molecule has 5 heteroatoms. The van der Waals surface area contributed by atoms with E-state index in [0.29, 0.717) is 0 Å². The highest BCUT2D eigenvalue weighted by molar-refractivity contribution is 9.10. The minimum absolute atomic E-state index is 0.668. The molecule has 0 heterocycles. The highest BCUT2D eigenvalue weighted by atomic mass is 79.9. The monoisotopic (exact) mass is 296 g/mol. The third-order valence-electron chi connectivity index (χ3n) is 1.88. The molecule has 4 nitrogen and oxygen atoms in total. The predicted octanol–water partition coefficient (Wildman–Crippen LogP) is 2.56. The zero-order valence-corrected chi connectivity index (χ0v) is 10.2. The number of hydrogen-bond acceptors (Lipinski definition) is 2. The Morgan fingerprint density at radius 1 is 1.06 bits per heavy atom. The Hall–Kier alpha value is -1.88. The largest absolute Gasteiger partial charge is 0.477 e. The number of rotatable bonds is 4. The van der Waals surface area contributed by atoms with E-state index in [2.05, 4.69) is 15.9 Å². The molecule has 2 N–H and O–H groups in total. The van der Waals surface area contributed by atoms with Crippen molar-refractivity contribution in [1.82, 2.24) is 0 Å². The highest BCUT2D eigenvalue weighted by Gasteiger charge is 2.13. The van der Waals surface area contributed by atoms with E-state index in [9.17, 15) is 9.59 Å². The maximum Gasteiger partial charge on any atom is 0.343 e. The Bertz CT molecular complexity index is 470. The van der Waals surface area contributed by atoms with E-state index in [4.69, 9.17) is 10.2 Å². The van der Waals surface area contributed by atoms with Gasteiger partial charge in [-0.1, -0.05) is 40.2 Å². The van der Waals surface area contributed by atoms with Gasteiger partial charge in [-0.25, -0.2) is 9.59 Å². The summed E-state index contributed by atoms with van der Waals surface area (Å²) in [6.07, 6.45) is 4.06. The highest BCUT2D eigenvalue weighted by Crippen LogP contribution is 2.11. The van der Waals surface area contributed by atoms with Crippen molar-refractivity contribution < 1.29 is 19.8 Å². The minimum atomic E-state index is -1.46. The van der Waals surface area contributed by atoms with Gasteiger partial charge in [-0.05, 0) is 23.8 Å². The summed E-state index contributed by atoms with van der Waals surface area (Å²) < 4.78 is 0.932. The first kappa shape index (κ1) is 13.2. The molecule has 1 aromatic carbocycles. The summed E-state index contributed by atoms with van der Waals surface area (Å²) in [5, 5.41) is 17.2. The van der Waals surface area contributed by atoms with Crippen LogP contribution in [0.3, 0.4) is 0 Å². The summed E-state index contributed by atoms with van der Waals surface area (Å²) in [6.45, 7) is 0. The maximum atomic E-state index is 10.5. The Labute approximate surface area is 106 Å². The lowest BCUT2D eigenvalue weighted by Crippen LogP contribution is -2.10. The first-order valence-corrected chi connectivity index (χ1v) is 5.40. The van der Waals surface area contributed by atoms with E-state index in [-0.39, 0.29) is 0 Å². The molecule has 0 atom stereocenters. The van der Waals surface area contributed by atoms with E-state index >= 15 is 0 Å². The van der Waals surface area contributed by atoms with Crippen LogP contribution in [0.2, 0.25) is 0 Å². The molecule has 1 aromatic rings. The van der Waals surface area contributed by atoms with Crippen LogP contribution >= 0.6 is 15.9 Å². The van der Waals surface area contributed by atoms with E-state index in [1.807, 2.05) is 24.3 Å². The van der Waals surface area contributed by atoms with Gasteiger partial charge in [0.25, 0.3) is 0 Å². The summed E-state index contributed by atoms with van der Waals surface area (Å²) in [6, 6.07) is 7.29. The SMILES string of the molecule is O=C(O)C(=CC=Cc1ccc(Br)cc1)C(=O)O. The third-order valence-corrected chi connectivity index (χ3v) is 2.41. The fourth-order valence-corrected chi connectivity index (χ4v) is 1.33. The fraction of sp³-hybridized carbons (Fsp3) is 0. The van der Waals surface area contributed by atoms with Crippen molar-refractivity contribution in [2.75, 3.05) is 0 Å². The molecule has 0 saturated carbocycles. The number of hydrogen-bond donors (Lipinski definition) is 2. The summed E-state index contributed by atoms with van der Waals surface area (Å²) in [4.78, 5) is 21.1. The van der Waals surface area contributed by atoms with E-state index in [1.165, 1.54) is 6.08 Å². The Morgan fingerprint density at radius 3 is 2.06 bits per heavy atom. The van der Waals surface area contributed by atoms with Crippen LogP contribution in [-0.2, 0) is 9.59 Å². The van der Waals surface area contributed by atoms with Crippen molar-refractivity contribution in [1.29, 1.82) is 0 Å². The predicted molar refractivity (Wildman–Crippen MR) is 66.5 cm³/mol. The van der Waals surface area contributed by atoms with Crippen molar-refractivity contribution >= 4 is 33.9 Å². The normalized spacial score (nSPS) is 10.2. The van der Waals surface area contributed by atoms with Crippen LogP contribution in [0.25, 0.3) is 6.08 Å². The molecule has 0 aliphatic carbocycles. The lowest BCUT2D eigenvalue weighted by atomic mass is 10.2. The summed E-state index contributed by atoms with van der Waals surface area (Å²) in [7, 11) is 0. The van der Waals surface area contributed by atoms with Crippen LogP contribution < -0.4 is 0 Å². The first-order valence-electron chi connectivity index (χ1n) is 4.61. The van der Waals surface area contributed by atoms with Crippen molar-refractivity contribution in [3.8, 4) is 0 Å². The van der Waals surface area contributed by atoms with Crippen LogP contribution in [-0.4, -0.2) is 22.2 Å². The van der Waals surface area contributed by atoms with Gasteiger partial charge in [0, 0.05) is 4.47 Å². The smallest absolute Gasteiger partial charge is 0.343 e. The van der Waals surface area contributed by atoms with Gasteiger partial charge in [0.1, 0.15) is 5.57 Å². The van der Waals surface area contributed by atoms with Gasteiger partial charge >= 0.3 is 11.9 Å². The quantitative estimate of drug-likeness (QED) is 0.387. The average molecular weight is 297 g/mol. The molecular weight excluding hydrogens is 288 g/mol. The minimum Gasteiger partial charge on any atom is -0.477 e. The standard InChI is InChI=1S/C12H9BrO4/c13-9-6-4-8(5-7-9)2-1-3-10(11(14)15)12(16)17/h1-7H,(H,14,15)(H,16,17). The second-order valence-corrected chi connectivity index (χ2v) is 4.02. The molecule has 0 aliphatic rings. The average Bonchev–Trinajstić information content (AvgIpc) is 2.25. The summed E-state index contributed by atoms with van der Waals surface area (Å²) >= 11 is 3.28. The van der Waals surface area contributed by atoms with Gasteiger partial charge < -0.3 is 10.2 Å². The Morgan fingerprint density at radius 2 is 1.59 bits per heavy atom. The van der Waals surface area contributed by atoms with Crippen LogP contribution in [0.5, 0.6) is 0 Å². The number of allylic oxidation sites excluding steroid dienone is 2. The van der Waals surface area contributed by atoms with E-state index in [1.54, 1.807) is 6.08 Å². The number of carboxylic acid groups (broad SMARTS) is 2. The van der Waals surface area contributed by atoms with Gasteiger partial charge in [0.05, 0.1) is 0 Å². The molecule has 0 aliphatic heterocycles.